The van der Waals surface area contributed by atoms with Crippen LogP contribution in [0.5, 0.6) is 0 Å². The van der Waals surface area contributed by atoms with Crippen molar-refractivity contribution < 1.29 is 17.9 Å². The van der Waals surface area contributed by atoms with E-state index >= 15 is 0 Å². The molecular formula is C26H32ClN7O4S. The minimum Gasteiger partial charge on any atom is -0.378 e. The van der Waals surface area contributed by atoms with Gasteiger partial charge in [0.05, 0.1) is 42.5 Å². The molecule has 3 aromatic rings. The van der Waals surface area contributed by atoms with Crippen molar-refractivity contribution in [1.82, 2.24) is 19.5 Å². The van der Waals surface area contributed by atoms with Crippen molar-refractivity contribution in [2.45, 2.75) is 31.7 Å². The van der Waals surface area contributed by atoms with Crippen LogP contribution in [0.1, 0.15) is 47.8 Å². The number of carbonyl (C=O) groups is 1. The Morgan fingerprint density at radius 2 is 1.82 bits per heavy atom. The zero-order valence-corrected chi connectivity index (χ0v) is 23.4. The molecule has 5 heterocycles. The van der Waals surface area contributed by atoms with Crippen molar-refractivity contribution in [1.29, 1.82) is 0 Å². The maximum atomic E-state index is 13.9. The number of benzene rings is 1. The lowest BCUT2D eigenvalue weighted by molar-refractivity contribution is 0.0607. The zero-order valence-electron chi connectivity index (χ0n) is 21.8. The van der Waals surface area contributed by atoms with E-state index in [1.807, 2.05) is 10.6 Å². The summed E-state index contributed by atoms with van der Waals surface area (Å²) >= 11 is 6.24. The molecule has 3 aliphatic rings. The molecule has 0 radical (unpaired) electrons. The summed E-state index contributed by atoms with van der Waals surface area (Å²) in [5.74, 6) is 1.63. The molecule has 0 unspecified atom stereocenters. The Bertz CT molecular complexity index is 1500. The van der Waals surface area contributed by atoms with E-state index in [4.69, 9.17) is 26.4 Å². The summed E-state index contributed by atoms with van der Waals surface area (Å²) in [6.45, 7) is 5.36. The van der Waals surface area contributed by atoms with Crippen LogP contribution in [0.2, 0.25) is 5.02 Å². The molecule has 3 aliphatic heterocycles. The Morgan fingerprint density at radius 1 is 1.03 bits per heavy atom. The number of piperidine rings is 1. The summed E-state index contributed by atoms with van der Waals surface area (Å²) in [5, 5.41) is 5.36. The number of hydrogen-bond acceptors (Lipinski definition) is 8. The summed E-state index contributed by atoms with van der Waals surface area (Å²) in [4.78, 5) is 25.2. The van der Waals surface area contributed by atoms with E-state index < -0.39 is 10.0 Å². The summed E-state index contributed by atoms with van der Waals surface area (Å²) in [7, 11) is -3.59. The number of halogens is 1. The van der Waals surface area contributed by atoms with Gasteiger partial charge in [-0.1, -0.05) is 11.6 Å². The first-order chi connectivity index (χ1) is 18.8. The zero-order chi connectivity index (χ0) is 27.1. The van der Waals surface area contributed by atoms with Crippen LogP contribution in [0.15, 0.2) is 30.3 Å². The molecule has 13 heteroatoms. The van der Waals surface area contributed by atoms with Gasteiger partial charge in [-0.3, -0.25) is 9.52 Å². The van der Waals surface area contributed by atoms with Crippen LogP contribution in [-0.4, -0.2) is 86.0 Å². The average molecular weight is 574 g/mol. The molecule has 0 spiro atoms. The van der Waals surface area contributed by atoms with Gasteiger partial charge in [0.15, 0.2) is 5.65 Å². The molecule has 0 bridgehead atoms. The molecular weight excluding hydrogens is 542 g/mol. The van der Waals surface area contributed by atoms with Gasteiger partial charge in [0.25, 0.3) is 5.91 Å². The molecule has 0 saturated carbocycles. The number of sulfonamides is 1. The van der Waals surface area contributed by atoms with Crippen molar-refractivity contribution >= 4 is 50.5 Å². The van der Waals surface area contributed by atoms with Crippen LogP contribution in [0.25, 0.3) is 5.65 Å². The first-order valence-corrected chi connectivity index (χ1v) is 15.6. The van der Waals surface area contributed by atoms with Gasteiger partial charge in [-0.25, -0.2) is 13.4 Å². The highest BCUT2D eigenvalue weighted by atomic mass is 35.5. The van der Waals surface area contributed by atoms with Crippen molar-refractivity contribution in [3.8, 4) is 0 Å². The third-order valence-electron chi connectivity index (χ3n) is 7.54. The Kier molecular flexibility index (Phi) is 7.02. The highest BCUT2D eigenvalue weighted by Crippen LogP contribution is 2.35. The number of hydrogen-bond donors (Lipinski definition) is 1. The van der Waals surface area contributed by atoms with Gasteiger partial charge >= 0.3 is 0 Å². The number of fused-ring (bicyclic) bond motifs is 1. The summed E-state index contributed by atoms with van der Waals surface area (Å²) in [5.41, 5.74) is 1.94. The fourth-order valence-corrected chi connectivity index (χ4v) is 6.22. The van der Waals surface area contributed by atoms with Gasteiger partial charge in [-0.15, -0.1) is 0 Å². The fraction of sp³-hybridized carbons (Fsp3) is 0.500. The van der Waals surface area contributed by atoms with Crippen molar-refractivity contribution in [3.05, 3.63) is 46.6 Å². The molecule has 6 rings (SSSR count). The van der Waals surface area contributed by atoms with Crippen LogP contribution in [0.3, 0.4) is 0 Å². The average Bonchev–Trinajstić information content (AvgIpc) is 3.32. The highest BCUT2D eigenvalue weighted by Gasteiger charge is 2.33. The van der Waals surface area contributed by atoms with Gasteiger partial charge in [0, 0.05) is 49.9 Å². The molecule has 3 saturated heterocycles. The number of aromatic nitrogens is 3. The Morgan fingerprint density at radius 3 is 2.54 bits per heavy atom. The van der Waals surface area contributed by atoms with Gasteiger partial charge in [-0.05, 0) is 43.9 Å². The first-order valence-electron chi connectivity index (χ1n) is 13.3. The quantitative estimate of drug-likeness (QED) is 0.478. The Balaban J connectivity index is 1.38. The number of rotatable bonds is 6. The minimum atomic E-state index is -3.59. The van der Waals surface area contributed by atoms with E-state index in [9.17, 15) is 13.2 Å². The Hall–Kier alpha value is -3.09. The first kappa shape index (κ1) is 26.1. The van der Waals surface area contributed by atoms with Crippen LogP contribution in [0.4, 0.5) is 17.3 Å². The molecule has 11 nitrogen and oxygen atoms in total. The second-order valence-electron chi connectivity index (χ2n) is 10.3. The van der Waals surface area contributed by atoms with Crippen LogP contribution >= 0.6 is 11.6 Å². The molecule has 1 atom stereocenters. The van der Waals surface area contributed by atoms with E-state index in [2.05, 4.69) is 20.6 Å². The predicted octanol–water partition coefficient (Wildman–Crippen LogP) is 3.17. The number of morpholine rings is 1. The van der Waals surface area contributed by atoms with Crippen LogP contribution < -0.4 is 14.5 Å². The third-order valence-corrected chi connectivity index (χ3v) is 8.37. The monoisotopic (exact) mass is 573 g/mol. The van der Waals surface area contributed by atoms with Crippen molar-refractivity contribution in [3.63, 3.8) is 0 Å². The number of amides is 1. The fourth-order valence-electron chi connectivity index (χ4n) is 5.47. The van der Waals surface area contributed by atoms with E-state index in [0.29, 0.717) is 24.8 Å². The topological polar surface area (TPSA) is 112 Å². The smallest absolute Gasteiger partial charge is 0.256 e. The lowest BCUT2D eigenvalue weighted by Crippen LogP contribution is -2.40. The normalized spacial score (nSPS) is 20.3. The number of anilines is 3. The maximum absolute atomic E-state index is 13.9. The Labute approximate surface area is 232 Å². The number of nitrogens with one attached hydrogen (secondary N) is 1. The standard InChI is InChI=1S/C26H32ClN7O4S/c1-39(36,37)30-20-7-6-18(27)15-19(20)26(35)33-10-3-2-5-22(33)21-16-24-28-23(31-8-4-9-31)17-25(34(24)29-21)32-11-13-38-14-12-32/h6-7,15-17,22,30H,2-5,8-14H2,1H3/t22-/m1/s1. The van der Waals surface area contributed by atoms with Crippen LogP contribution in [0, 0.1) is 0 Å². The SMILES string of the molecule is CS(=O)(=O)Nc1ccc(Cl)cc1C(=O)N1CCCC[C@@H]1c1cc2nc(N3CCC3)cc(N3CCOCC3)n2n1. The molecule has 1 aromatic carbocycles. The number of ether oxygens (including phenoxy) is 1. The van der Waals surface area contributed by atoms with Crippen molar-refractivity contribution in [2.75, 3.05) is 66.7 Å². The summed E-state index contributed by atoms with van der Waals surface area (Å²) in [6.07, 6.45) is 4.76. The van der Waals surface area contributed by atoms with E-state index in [1.54, 1.807) is 11.0 Å². The predicted molar refractivity (Wildman–Crippen MR) is 150 cm³/mol. The molecule has 2 aromatic heterocycles. The lowest BCUT2D eigenvalue weighted by Gasteiger charge is -2.35. The number of nitrogens with zero attached hydrogens (tertiary/aromatic N) is 6. The van der Waals surface area contributed by atoms with Crippen molar-refractivity contribution in [2.24, 2.45) is 0 Å². The second kappa shape index (κ2) is 10.5. The van der Waals surface area contributed by atoms with Crippen LogP contribution in [-0.2, 0) is 14.8 Å². The molecule has 0 aliphatic carbocycles. The summed E-state index contributed by atoms with van der Waals surface area (Å²) < 4.78 is 33.9. The lowest BCUT2D eigenvalue weighted by atomic mass is 9.98. The highest BCUT2D eigenvalue weighted by molar-refractivity contribution is 7.92. The van der Waals surface area contributed by atoms with Gasteiger partial charge in [0.2, 0.25) is 10.0 Å². The van der Waals surface area contributed by atoms with Gasteiger partial charge in [0.1, 0.15) is 11.6 Å². The second-order valence-corrected chi connectivity index (χ2v) is 12.5. The number of likely N-dealkylation sites (tertiary alicyclic amines) is 1. The third kappa shape index (κ3) is 5.37. The van der Waals surface area contributed by atoms with E-state index in [-0.39, 0.29) is 23.2 Å². The molecule has 1 amide bonds. The van der Waals surface area contributed by atoms with Gasteiger partial charge in [-0.2, -0.15) is 9.61 Å². The number of carbonyl (C=O) groups excluding carboxylic acids is 1. The molecule has 3 fully saturated rings. The molecule has 1 N–H and O–H groups in total. The maximum Gasteiger partial charge on any atom is 0.256 e. The molecule has 39 heavy (non-hydrogen) atoms. The van der Waals surface area contributed by atoms with E-state index in [0.717, 1.165) is 81.1 Å². The minimum absolute atomic E-state index is 0.210. The largest absolute Gasteiger partial charge is 0.378 e. The molecule has 208 valence electrons. The van der Waals surface area contributed by atoms with E-state index in [1.165, 1.54) is 12.1 Å². The van der Waals surface area contributed by atoms with Gasteiger partial charge < -0.3 is 19.4 Å². The summed E-state index contributed by atoms with van der Waals surface area (Å²) in [6, 6.07) is 8.42.